The van der Waals surface area contributed by atoms with Gasteiger partial charge in [-0.2, -0.15) is 0 Å². The van der Waals surface area contributed by atoms with Gasteiger partial charge in [-0.25, -0.2) is 0 Å². The Hall–Kier alpha value is -2.45. The second kappa shape index (κ2) is 29.3. The molecular formula is C35H63NO8. The highest BCUT2D eigenvalue weighted by Gasteiger charge is 2.22. The lowest BCUT2D eigenvalue weighted by Crippen LogP contribution is -2.26. The van der Waals surface area contributed by atoms with Crippen LogP contribution < -0.4 is 5.32 Å². The molecule has 0 spiro atoms. The van der Waals surface area contributed by atoms with E-state index in [1.807, 2.05) is 0 Å². The van der Waals surface area contributed by atoms with Gasteiger partial charge in [-0.15, -0.1) is 0 Å². The molecule has 0 radical (unpaired) electrons. The molecule has 0 aliphatic heterocycles. The van der Waals surface area contributed by atoms with Crippen molar-refractivity contribution >= 4 is 29.6 Å². The van der Waals surface area contributed by atoms with Crippen LogP contribution in [0.15, 0.2) is 0 Å². The molecule has 2 atom stereocenters. The molecule has 0 fully saturated rings. The van der Waals surface area contributed by atoms with E-state index >= 15 is 0 Å². The number of aliphatic carboxylic acids is 3. The first-order valence-corrected chi connectivity index (χ1v) is 17.6. The van der Waals surface area contributed by atoms with Gasteiger partial charge in [0.2, 0.25) is 5.91 Å². The summed E-state index contributed by atoms with van der Waals surface area (Å²) in [6.45, 7) is 2.09. The van der Waals surface area contributed by atoms with E-state index in [0.29, 0.717) is 38.6 Å². The lowest BCUT2D eigenvalue weighted by Gasteiger charge is -2.12. The Morgan fingerprint density at radius 1 is 0.500 bits per heavy atom. The summed E-state index contributed by atoms with van der Waals surface area (Å²) in [4.78, 5) is 57.2. The average Bonchev–Trinajstić information content (AvgIpc) is 2.97. The summed E-state index contributed by atoms with van der Waals surface area (Å²) >= 11 is 0. The average molecular weight is 626 g/mol. The summed E-state index contributed by atoms with van der Waals surface area (Å²) in [6.07, 6.45) is 24.0. The Labute approximate surface area is 266 Å². The monoisotopic (exact) mass is 625 g/mol. The third-order valence-corrected chi connectivity index (χ3v) is 8.45. The molecule has 0 bridgehead atoms. The number of ketones is 1. The normalized spacial score (nSPS) is 12.5. The molecular weight excluding hydrogens is 562 g/mol. The topological polar surface area (TPSA) is 158 Å². The molecule has 0 aliphatic rings. The van der Waals surface area contributed by atoms with Crippen LogP contribution >= 0.6 is 0 Å². The Morgan fingerprint density at radius 3 is 1.34 bits per heavy atom. The molecule has 0 saturated carbocycles. The number of nitrogens with one attached hydrogen (secondary N) is 1. The Bertz CT molecular complexity index is 785. The van der Waals surface area contributed by atoms with Gasteiger partial charge < -0.3 is 20.6 Å². The van der Waals surface area contributed by atoms with Crippen LogP contribution in [0.1, 0.15) is 174 Å². The van der Waals surface area contributed by atoms with Crippen molar-refractivity contribution in [1.82, 2.24) is 5.32 Å². The van der Waals surface area contributed by atoms with Gasteiger partial charge in [-0.1, -0.05) is 116 Å². The van der Waals surface area contributed by atoms with E-state index in [0.717, 1.165) is 38.5 Å². The van der Waals surface area contributed by atoms with Gasteiger partial charge in [-0.05, 0) is 32.1 Å². The van der Waals surface area contributed by atoms with E-state index < -0.39 is 29.7 Å². The first-order valence-electron chi connectivity index (χ1n) is 17.6. The smallest absolute Gasteiger partial charge is 0.306 e. The predicted molar refractivity (Wildman–Crippen MR) is 174 cm³/mol. The number of unbranched alkanes of at least 4 members (excludes halogenated alkanes) is 18. The van der Waals surface area contributed by atoms with Gasteiger partial charge in [0.05, 0.1) is 11.8 Å². The summed E-state index contributed by atoms with van der Waals surface area (Å²) in [5.41, 5.74) is 0. The molecule has 256 valence electrons. The van der Waals surface area contributed by atoms with Crippen LogP contribution in [0.5, 0.6) is 0 Å². The van der Waals surface area contributed by atoms with Crippen molar-refractivity contribution in [2.75, 3.05) is 6.54 Å². The third kappa shape index (κ3) is 28.3. The third-order valence-electron chi connectivity index (χ3n) is 8.45. The maximum atomic E-state index is 12.3. The van der Waals surface area contributed by atoms with Gasteiger partial charge in [0.25, 0.3) is 0 Å². The fourth-order valence-corrected chi connectivity index (χ4v) is 5.44. The molecule has 44 heavy (non-hydrogen) atoms. The second-order valence-corrected chi connectivity index (χ2v) is 12.7. The van der Waals surface area contributed by atoms with Crippen LogP contribution in [-0.2, 0) is 24.0 Å². The van der Waals surface area contributed by atoms with Crippen molar-refractivity contribution in [2.24, 2.45) is 11.8 Å². The summed E-state index contributed by atoms with van der Waals surface area (Å²) in [5.74, 6) is -4.06. The van der Waals surface area contributed by atoms with E-state index in [2.05, 4.69) is 5.32 Å². The van der Waals surface area contributed by atoms with Gasteiger partial charge >= 0.3 is 17.9 Å². The summed E-state index contributed by atoms with van der Waals surface area (Å²) in [5, 5.41) is 29.7. The molecule has 4 N–H and O–H groups in total. The zero-order valence-corrected chi connectivity index (χ0v) is 27.6. The second-order valence-electron chi connectivity index (χ2n) is 12.7. The van der Waals surface area contributed by atoms with Crippen LogP contribution in [-0.4, -0.2) is 51.5 Å². The minimum Gasteiger partial charge on any atom is -0.481 e. The number of carbonyl (C=O) groups is 5. The van der Waals surface area contributed by atoms with Crippen molar-refractivity contribution in [3.05, 3.63) is 0 Å². The molecule has 0 aliphatic carbocycles. The number of carboxylic acid groups (broad SMARTS) is 3. The van der Waals surface area contributed by atoms with Crippen LogP contribution in [0.25, 0.3) is 0 Å². The number of hydrogen-bond acceptors (Lipinski definition) is 5. The fraction of sp³-hybridized carbons (Fsp3) is 0.857. The van der Waals surface area contributed by atoms with Crippen molar-refractivity contribution in [3.8, 4) is 0 Å². The molecule has 9 nitrogen and oxygen atoms in total. The van der Waals surface area contributed by atoms with E-state index in [4.69, 9.17) is 10.2 Å². The lowest BCUT2D eigenvalue weighted by atomic mass is 9.94. The van der Waals surface area contributed by atoms with Crippen LogP contribution in [0.2, 0.25) is 0 Å². The number of amides is 1. The maximum absolute atomic E-state index is 12.3. The van der Waals surface area contributed by atoms with Crippen molar-refractivity contribution in [3.63, 3.8) is 0 Å². The zero-order valence-electron chi connectivity index (χ0n) is 27.6. The summed E-state index contributed by atoms with van der Waals surface area (Å²) in [6, 6.07) is 0. The largest absolute Gasteiger partial charge is 0.481 e. The summed E-state index contributed by atoms with van der Waals surface area (Å²) in [7, 11) is 0. The molecule has 0 saturated heterocycles. The van der Waals surface area contributed by atoms with E-state index in [1.165, 1.54) is 77.0 Å². The fourth-order valence-electron chi connectivity index (χ4n) is 5.44. The van der Waals surface area contributed by atoms with Crippen molar-refractivity contribution in [2.45, 2.75) is 174 Å². The van der Waals surface area contributed by atoms with E-state index in [1.54, 1.807) is 6.92 Å². The number of hydrogen-bond donors (Lipinski definition) is 4. The van der Waals surface area contributed by atoms with Crippen LogP contribution in [0.4, 0.5) is 0 Å². The van der Waals surface area contributed by atoms with Crippen molar-refractivity contribution in [1.29, 1.82) is 0 Å². The zero-order chi connectivity index (χ0) is 32.8. The highest BCUT2D eigenvalue weighted by atomic mass is 16.4. The Balaban J connectivity index is 3.60. The lowest BCUT2D eigenvalue weighted by molar-refractivity contribution is -0.144. The highest BCUT2D eigenvalue weighted by molar-refractivity contribution is 5.84. The number of Topliss-reactive ketones (excluding diaryl/α,β-unsaturated/α-hetero) is 1. The van der Waals surface area contributed by atoms with Gasteiger partial charge in [0.15, 0.2) is 0 Å². The minimum atomic E-state index is -1.04. The molecule has 0 aromatic heterocycles. The molecule has 0 aromatic carbocycles. The highest BCUT2D eigenvalue weighted by Crippen LogP contribution is 2.17. The Kier molecular flexibility index (Phi) is 27.6. The van der Waals surface area contributed by atoms with Crippen LogP contribution in [0, 0.1) is 11.8 Å². The van der Waals surface area contributed by atoms with E-state index in [-0.39, 0.29) is 31.0 Å². The SMILES string of the molecule is C[C@@H](CCCCNC(=O)CC[C@H](CC(=O)CCCCCCCCCCCCCCCCCCCCC(=O)O)C(=O)O)C(=O)O. The maximum Gasteiger partial charge on any atom is 0.306 e. The first kappa shape index (κ1) is 41.5. The molecule has 1 amide bonds. The molecule has 0 aromatic rings. The van der Waals surface area contributed by atoms with E-state index in [9.17, 15) is 29.1 Å². The van der Waals surface area contributed by atoms with Gasteiger partial charge in [-0.3, -0.25) is 24.0 Å². The number of carbonyl (C=O) groups excluding carboxylic acids is 2. The minimum absolute atomic E-state index is 0.0220. The molecule has 0 rings (SSSR count). The molecule has 9 heteroatoms. The van der Waals surface area contributed by atoms with Gasteiger partial charge in [0.1, 0.15) is 5.78 Å². The Morgan fingerprint density at radius 2 is 0.932 bits per heavy atom. The standard InChI is InChI=1S/C35H63NO8/c1-29(34(41)42)22-20-21-27-36-32(38)26-25-30(35(43)44)28-31(37)23-18-16-14-12-10-8-6-4-2-3-5-7-9-11-13-15-17-19-24-33(39)40/h29-30H,2-28H2,1H3,(H,36,38)(H,39,40)(H,41,42)(H,43,44)/t29-,30+/m0/s1. The predicted octanol–water partition coefficient (Wildman–Crippen LogP) is 8.32. The summed E-state index contributed by atoms with van der Waals surface area (Å²) < 4.78 is 0. The van der Waals surface area contributed by atoms with Crippen LogP contribution in [0.3, 0.4) is 0 Å². The van der Waals surface area contributed by atoms with Gasteiger partial charge in [0, 0.05) is 32.2 Å². The molecule has 0 heterocycles. The quantitative estimate of drug-likeness (QED) is 0.0530. The van der Waals surface area contributed by atoms with Crippen molar-refractivity contribution < 1.29 is 39.3 Å². The number of rotatable bonds is 33. The number of carboxylic acids is 3. The molecule has 0 unspecified atom stereocenters. The first-order chi connectivity index (χ1) is 21.1.